The third-order valence-corrected chi connectivity index (χ3v) is 2.95. The number of esters is 1. The zero-order chi connectivity index (χ0) is 13.7. The highest BCUT2D eigenvalue weighted by Gasteiger charge is 2.24. The Balaban J connectivity index is 3.01. The molecule has 3 nitrogen and oxygen atoms in total. The Kier molecular flexibility index (Phi) is 5.56. The lowest BCUT2D eigenvalue weighted by atomic mass is 10.0. The number of hydrogen-bond donors (Lipinski definition) is 0. The van der Waals surface area contributed by atoms with Crippen molar-refractivity contribution in [2.24, 2.45) is 0 Å². The molecule has 0 amide bonds. The van der Waals surface area contributed by atoms with Crippen LogP contribution in [0.5, 0.6) is 0 Å². The van der Waals surface area contributed by atoms with Gasteiger partial charge in [-0.3, -0.25) is 4.79 Å². The monoisotopic (exact) mass is 273 g/mol. The van der Waals surface area contributed by atoms with Crippen LogP contribution in [0.25, 0.3) is 0 Å². The lowest BCUT2D eigenvalue weighted by Gasteiger charge is -2.25. The maximum Gasteiger partial charge on any atom is 0.307 e. The first-order valence-corrected chi connectivity index (χ1v) is 6.11. The van der Waals surface area contributed by atoms with E-state index < -0.39 is 11.9 Å². The number of carbonyl (C=O) groups excluding carboxylic acids is 1. The first-order chi connectivity index (χ1) is 8.47. The van der Waals surface area contributed by atoms with Crippen LogP contribution in [-0.2, 0) is 9.53 Å². The molecule has 0 saturated carbocycles. The van der Waals surface area contributed by atoms with Crippen LogP contribution in [0.4, 0.5) is 4.39 Å². The second kappa shape index (κ2) is 6.71. The van der Waals surface area contributed by atoms with E-state index in [1.807, 2.05) is 0 Å². The third-order valence-electron chi connectivity index (χ3n) is 2.62. The molecule has 0 bridgehead atoms. The molecule has 0 radical (unpaired) electrons. The van der Waals surface area contributed by atoms with Gasteiger partial charge in [0.15, 0.2) is 0 Å². The Labute approximate surface area is 111 Å². The summed E-state index contributed by atoms with van der Waals surface area (Å²) < 4.78 is 18.7. The highest BCUT2D eigenvalue weighted by atomic mass is 35.5. The van der Waals surface area contributed by atoms with Crippen molar-refractivity contribution < 1.29 is 13.9 Å². The van der Waals surface area contributed by atoms with Crippen molar-refractivity contribution in [3.63, 3.8) is 0 Å². The van der Waals surface area contributed by atoms with E-state index in [1.54, 1.807) is 32.0 Å². The van der Waals surface area contributed by atoms with Crippen LogP contribution in [0.2, 0.25) is 5.02 Å². The average molecular weight is 274 g/mol. The summed E-state index contributed by atoms with van der Waals surface area (Å²) in [5.74, 6) is -0.777. The molecule has 0 fully saturated rings. The van der Waals surface area contributed by atoms with Crippen LogP contribution >= 0.6 is 11.6 Å². The van der Waals surface area contributed by atoms with E-state index in [0.29, 0.717) is 17.2 Å². The van der Waals surface area contributed by atoms with E-state index in [1.165, 1.54) is 12.1 Å². The van der Waals surface area contributed by atoms with E-state index in [0.717, 1.165) is 0 Å². The fraction of sp³-hybridized carbons (Fsp3) is 0.462. The summed E-state index contributed by atoms with van der Waals surface area (Å²) in [6, 6.07) is 4.06. The molecule has 0 aromatic heterocycles. The highest BCUT2D eigenvalue weighted by Crippen LogP contribution is 2.31. The molecule has 100 valence electrons. The van der Waals surface area contributed by atoms with E-state index >= 15 is 0 Å². The molecule has 0 saturated heterocycles. The molecular weight excluding hydrogens is 257 g/mol. The SMILES string of the molecule is CCOC(=O)CC(c1c(F)cccc1Cl)N(C)C. The molecule has 18 heavy (non-hydrogen) atoms. The Morgan fingerprint density at radius 1 is 1.50 bits per heavy atom. The molecule has 5 heteroatoms. The molecular formula is C13H17ClFNO2. The van der Waals surface area contributed by atoms with Gasteiger partial charge in [-0.25, -0.2) is 4.39 Å². The summed E-state index contributed by atoms with van der Waals surface area (Å²) in [5, 5.41) is 0.318. The second-order valence-corrected chi connectivity index (χ2v) is 4.53. The summed E-state index contributed by atoms with van der Waals surface area (Å²) >= 11 is 6.01. The number of halogens is 2. The summed E-state index contributed by atoms with van der Waals surface area (Å²) in [6.45, 7) is 2.04. The molecule has 0 aliphatic heterocycles. The number of carbonyl (C=O) groups is 1. The minimum absolute atomic E-state index is 0.0709. The summed E-state index contributed by atoms with van der Waals surface area (Å²) in [6.07, 6.45) is 0.0709. The predicted octanol–water partition coefficient (Wildman–Crippen LogP) is 3.04. The molecule has 1 aromatic carbocycles. The van der Waals surface area contributed by atoms with Crippen LogP contribution in [-0.4, -0.2) is 31.6 Å². The quantitative estimate of drug-likeness (QED) is 0.773. The Bertz CT molecular complexity index is 403. The first kappa shape index (κ1) is 14.9. The fourth-order valence-corrected chi connectivity index (χ4v) is 2.04. The Morgan fingerprint density at radius 2 is 2.17 bits per heavy atom. The van der Waals surface area contributed by atoms with Gasteiger partial charge in [0.1, 0.15) is 5.82 Å². The van der Waals surface area contributed by atoms with Gasteiger partial charge in [-0.05, 0) is 33.2 Å². The number of benzene rings is 1. The summed E-state index contributed by atoms with van der Waals surface area (Å²) in [5.41, 5.74) is 0.331. The van der Waals surface area contributed by atoms with Crippen molar-refractivity contribution >= 4 is 17.6 Å². The van der Waals surface area contributed by atoms with Crippen molar-refractivity contribution in [3.05, 3.63) is 34.6 Å². The van der Waals surface area contributed by atoms with Crippen molar-refractivity contribution in [3.8, 4) is 0 Å². The van der Waals surface area contributed by atoms with Gasteiger partial charge >= 0.3 is 5.97 Å². The molecule has 1 aromatic rings. The van der Waals surface area contributed by atoms with E-state index in [4.69, 9.17) is 16.3 Å². The molecule has 1 atom stereocenters. The van der Waals surface area contributed by atoms with E-state index in [9.17, 15) is 9.18 Å². The molecule has 1 rings (SSSR count). The molecule has 0 aliphatic carbocycles. The largest absolute Gasteiger partial charge is 0.466 e. The topological polar surface area (TPSA) is 29.5 Å². The fourth-order valence-electron chi connectivity index (χ4n) is 1.75. The van der Waals surface area contributed by atoms with Gasteiger partial charge in [0.25, 0.3) is 0 Å². The molecule has 0 aliphatic rings. The molecule has 0 spiro atoms. The van der Waals surface area contributed by atoms with Crippen molar-refractivity contribution in [1.29, 1.82) is 0 Å². The van der Waals surface area contributed by atoms with Crippen molar-refractivity contribution in [1.82, 2.24) is 4.90 Å². The lowest BCUT2D eigenvalue weighted by molar-refractivity contribution is -0.144. The predicted molar refractivity (Wildman–Crippen MR) is 69.1 cm³/mol. The van der Waals surface area contributed by atoms with Crippen LogP contribution in [0.1, 0.15) is 24.9 Å². The van der Waals surface area contributed by atoms with Gasteiger partial charge in [0.2, 0.25) is 0 Å². The van der Waals surface area contributed by atoms with Crippen molar-refractivity contribution in [2.45, 2.75) is 19.4 Å². The van der Waals surface area contributed by atoms with Crippen LogP contribution < -0.4 is 0 Å². The van der Waals surface area contributed by atoms with Gasteiger partial charge < -0.3 is 9.64 Å². The van der Waals surface area contributed by atoms with Gasteiger partial charge in [-0.15, -0.1) is 0 Å². The Morgan fingerprint density at radius 3 is 2.67 bits per heavy atom. The maximum absolute atomic E-state index is 13.8. The maximum atomic E-state index is 13.8. The van der Waals surface area contributed by atoms with Crippen LogP contribution in [0, 0.1) is 5.82 Å². The highest BCUT2D eigenvalue weighted by molar-refractivity contribution is 6.31. The lowest BCUT2D eigenvalue weighted by Crippen LogP contribution is -2.25. The zero-order valence-electron chi connectivity index (χ0n) is 10.7. The number of rotatable bonds is 5. The average Bonchev–Trinajstić information content (AvgIpc) is 2.27. The van der Waals surface area contributed by atoms with Crippen LogP contribution in [0.3, 0.4) is 0 Å². The molecule has 1 unspecified atom stereocenters. The molecule has 0 N–H and O–H groups in total. The van der Waals surface area contributed by atoms with Crippen LogP contribution in [0.15, 0.2) is 18.2 Å². The van der Waals surface area contributed by atoms with Gasteiger partial charge in [0, 0.05) is 16.6 Å². The third kappa shape index (κ3) is 3.68. The smallest absolute Gasteiger partial charge is 0.307 e. The van der Waals surface area contributed by atoms with Gasteiger partial charge in [0.05, 0.1) is 13.0 Å². The van der Waals surface area contributed by atoms with Gasteiger partial charge in [-0.2, -0.15) is 0 Å². The summed E-state index contributed by atoms with van der Waals surface area (Å²) in [4.78, 5) is 13.3. The number of hydrogen-bond acceptors (Lipinski definition) is 3. The van der Waals surface area contributed by atoms with Gasteiger partial charge in [-0.1, -0.05) is 17.7 Å². The number of nitrogens with zero attached hydrogens (tertiary/aromatic N) is 1. The van der Waals surface area contributed by atoms with E-state index in [2.05, 4.69) is 0 Å². The normalized spacial score (nSPS) is 12.6. The minimum atomic E-state index is -0.433. The Hall–Kier alpha value is -1.13. The zero-order valence-corrected chi connectivity index (χ0v) is 11.5. The minimum Gasteiger partial charge on any atom is -0.466 e. The number of ether oxygens (including phenoxy) is 1. The van der Waals surface area contributed by atoms with E-state index in [-0.39, 0.29) is 12.4 Å². The van der Waals surface area contributed by atoms with Crippen molar-refractivity contribution in [2.75, 3.05) is 20.7 Å². The standard InChI is InChI=1S/C13H17ClFNO2/c1-4-18-12(17)8-11(16(2)3)13-9(14)6-5-7-10(13)15/h5-7,11H,4,8H2,1-3H3. The molecule has 0 heterocycles. The second-order valence-electron chi connectivity index (χ2n) is 4.12. The summed E-state index contributed by atoms with van der Waals surface area (Å²) in [7, 11) is 3.54. The first-order valence-electron chi connectivity index (χ1n) is 5.73.